The lowest BCUT2D eigenvalue weighted by Crippen LogP contribution is -1.93. The summed E-state index contributed by atoms with van der Waals surface area (Å²) in [5.41, 5.74) is 0.802. The van der Waals surface area contributed by atoms with Crippen molar-refractivity contribution in [3.63, 3.8) is 0 Å². The largest absolute Gasteiger partial charge is 0.454 e. The highest BCUT2D eigenvalue weighted by molar-refractivity contribution is 5.41. The molecule has 4 heteroatoms. The molecule has 90 valence electrons. The maximum Gasteiger partial charge on any atom is 0.167 e. The van der Waals surface area contributed by atoms with Gasteiger partial charge >= 0.3 is 0 Å². The Labute approximate surface area is 104 Å². The predicted octanol–water partition coefficient (Wildman–Crippen LogP) is 2.98. The molecule has 0 aliphatic heterocycles. The zero-order valence-electron chi connectivity index (χ0n) is 9.43. The van der Waals surface area contributed by atoms with Crippen molar-refractivity contribution in [3.05, 3.63) is 59.4 Å². The van der Waals surface area contributed by atoms with Crippen molar-refractivity contribution in [2.24, 2.45) is 0 Å². The van der Waals surface area contributed by atoms with Crippen LogP contribution in [0, 0.1) is 17.1 Å². The third-order valence-corrected chi connectivity index (χ3v) is 2.42. The molecule has 0 saturated heterocycles. The van der Waals surface area contributed by atoms with E-state index < -0.39 is 5.82 Å². The van der Waals surface area contributed by atoms with Crippen molar-refractivity contribution in [3.8, 4) is 17.6 Å². The fourth-order valence-corrected chi connectivity index (χ4v) is 1.51. The summed E-state index contributed by atoms with van der Waals surface area (Å²) in [7, 11) is 0. The lowest BCUT2D eigenvalue weighted by molar-refractivity contribution is 0.276. The topological polar surface area (TPSA) is 53.2 Å². The molecular formula is C14H10FNO2. The van der Waals surface area contributed by atoms with E-state index in [1.54, 1.807) is 24.3 Å². The Morgan fingerprint density at radius 2 is 1.94 bits per heavy atom. The predicted molar refractivity (Wildman–Crippen MR) is 63.6 cm³/mol. The number of aliphatic hydroxyl groups is 1. The first kappa shape index (κ1) is 12.1. The van der Waals surface area contributed by atoms with Gasteiger partial charge in [0.2, 0.25) is 0 Å². The molecule has 0 aromatic heterocycles. The van der Waals surface area contributed by atoms with Crippen LogP contribution >= 0.6 is 0 Å². The van der Waals surface area contributed by atoms with Crippen molar-refractivity contribution >= 4 is 0 Å². The van der Waals surface area contributed by atoms with E-state index in [2.05, 4.69) is 0 Å². The molecule has 0 bridgehead atoms. The summed E-state index contributed by atoms with van der Waals surface area (Å²) in [6, 6.07) is 12.6. The second-order valence-corrected chi connectivity index (χ2v) is 3.62. The lowest BCUT2D eigenvalue weighted by Gasteiger charge is -2.10. The van der Waals surface area contributed by atoms with Gasteiger partial charge in [0.15, 0.2) is 11.6 Å². The summed E-state index contributed by atoms with van der Waals surface area (Å²) in [4.78, 5) is 0. The molecule has 0 radical (unpaired) electrons. The highest BCUT2D eigenvalue weighted by Gasteiger charge is 2.08. The van der Waals surface area contributed by atoms with E-state index in [-0.39, 0.29) is 17.9 Å². The van der Waals surface area contributed by atoms with Gasteiger partial charge in [-0.15, -0.1) is 0 Å². The van der Waals surface area contributed by atoms with E-state index in [9.17, 15) is 4.39 Å². The second kappa shape index (κ2) is 5.30. The Morgan fingerprint density at radius 3 is 2.61 bits per heavy atom. The summed E-state index contributed by atoms with van der Waals surface area (Å²) >= 11 is 0. The van der Waals surface area contributed by atoms with Gasteiger partial charge < -0.3 is 9.84 Å². The minimum atomic E-state index is -0.609. The number of aliphatic hydroxyl groups excluding tert-OH is 1. The molecule has 0 spiro atoms. The zero-order chi connectivity index (χ0) is 13.0. The van der Waals surface area contributed by atoms with Crippen molar-refractivity contribution in [2.75, 3.05) is 0 Å². The summed E-state index contributed by atoms with van der Waals surface area (Å²) in [5.74, 6) is -0.194. The second-order valence-electron chi connectivity index (χ2n) is 3.62. The summed E-state index contributed by atoms with van der Waals surface area (Å²) in [5, 5.41) is 17.8. The maximum atomic E-state index is 13.6. The number of rotatable bonds is 3. The normalized spacial score (nSPS) is 9.83. The maximum absolute atomic E-state index is 13.6. The third kappa shape index (κ3) is 2.47. The van der Waals surface area contributed by atoms with Crippen LogP contribution in [0.5, 0.6) is 11.5 Å². The van der Waals surface area contributed by atoms with Crippen LogP contribution in [0.25, 0.3) is 0 Å². The summed E-state index contributed by atoms with van der Waals surface area (Å²) in [6.45, 7) is -0.186. The first-order chi connectivity index (χ1) is 8.74. The number of para-hydroxylation sites is 1. The van der Waals surface area contributed by atoms with Gasteiger partial charge in [-0.05, 0) is 24.3 Å². The van der Waals surface area contributed by atoms with Crippen LogP contribution in [0.4, 0.5) is 4.39 Å². The number of nitrogens with zero attached hydrogens (tertiary/aromatic N) is 1. The van der Waals surface area contributed by atoms with E-state index in [0.29, 0.717) is 11.3 Å². The van der Waals surface area contributed by atoms with E-state index in [1.165, 1.54) is 12.1 Å². The summed E-state index contributed by atoms with van der Waals surface area (Å²) < 4.78 is 19.0. The number of ether oxygens (including phenoxy) is 1. The molecular weight excluding hydrogens is 233 g/mol. The van der Waals surface area contributed by atoms with Gasteiger partial charge in [-0.3, -0.25) is 0 Å². The van der Waals surface area contributed by atoms with Gasteiger partial charge in [0, 0.05) is 5.56 Å². The fraction of sp³-hybridized carbons (Fsp3) is 0.0714. The van der Waals surface area contributed by atoms with E-state index in [0.717, 1.165) is 6.07 Å². The summed E-state index contributed by atoms with van der Waals surface area (Å²) in [6.07, 6.45) is 0. The minimum Gasteiger partial charge on any atom is -0.454 e. The van der Waals surface area contributed by atoms with Gasteiger partial charge in [0.25, 0.3) is 0 Å². The van der Waals surface area contributed by atoms with Gasteiger partial charge in [-0.2, -0.15) is 5.26 Å². The van der Waals surface area contributed by atoms with Gasteiger partial charge in [-0.25, -0.2) is 4.39 Å². The molecule has 0 aliphatic rings. The van der Waals surface area contributed by atoms with Crippen molar-refractivity contribution in [2.45, 2.75) is 6.61 Å². The molecule has 2 rings (SSSR count). The molecule has 2 aromatic rings. The number of halogens is 1. The fourth-order valence-electron chi connectivity index (χ4n) is 1.51. The number of nitriles is 1. The number of benzene rings is 2. The smallest absolute Gasteiger partial charge is 0.167 e. The Morgan fingerprint density at radius 1 is 1.17 bits per heavy atom. The van der Waals surface area contributed by atoms with Crippen LogP contribution in [0.3, 0.4) is 0 Å². The highest BCUT2D eigenvalue weighted by Crippen LogP contribution is 2.27. The van der Waals surface area contributed by atoms with Crippen LogP contribution in [-0.2, 0) is 6.61 Å². The van der Waals surface area contributed by atoms with Gasteiger partial charge in [0.05, 0.1) is 18.2 Å². The molecule has 3 nitrogen and oxygen atoms in total. The lowest BCUT2D eigenvalue weighted by atomic mass is 10.2. The van der Waals surface area contributed by atoms with Crippen LogP contribution in [-0.4, -0.2) is 5.11 Å². The molecule has 2 aromatic carbocycles. The average Bonchev–Trinajstić information content (AvgIpc) is 2.41. The molecule has 0 saturated carbocycles. The molecule has 0 fully saturated rings. The van der Waals surface area contributed by atoms with Gasteiger partial charge in [0.1, 0.15) is 5.75 Å². The Balaban J connectivity index is 2.32. The Hall–Kier alpha value is -2.38. The number of hydrogen-bond acceptors (Lipinski definition) is 3. The number of hydrogen-bond donors (Lipinski definition) is 1. The van der Waals surface area contributed by atoms with Crippen LogP contribution in [0.15, 0.2) is 42.5 Å². The van der Waals surface area contributed by atoms with E-state index in [1.807, 2.05) is 6.07 Å². The minimum absolute atomic E-state index is 0.0231. The Kier molecular flexibility index (Phi) is 3.56. The monoisotopic (exact) mass is 243 g/mol. The molecule has 1 N–H and O–H groups in total. The van der Waals surface area contributed by atoms with Crippen molar-refractivity contribution in [1.29, 1.82) is 5.26 Å². The molecule has 0 heterocycles. The zero-order valence-corrected chi connectivity index (χ0v) is 9.43. The van der Waals surface area contributed by atoms with E-state index >= 15 is 0 Å². The van der Waals surface area contributed by atoms with Crippen LogP contribution < -0.4 is 4.74 Å². The quantitative estimate of drug-likeness (QED) is 0.901. The SMILES string of the molecule is N#Cc1ccc(Oc2ccccc2CO)c(F)c1. The van der Waals surface area contributed by atoms with Gasteiger partial charge in [-0.1, -0.05) is 18.2 Å². The van der Waals surface area contributed by atoms with Crippen molar-refractivity contribution in [1.82, 2.24) is 0 Å². The van der Waals surface area contributed by atoms with Crippen LogP contribution in [0.2, 0.25) is 0 Å². The first-order valence-corrected chi connectivity index (χ1v) is 5.31. The standard InChI is InChI=1S/C14H10FNO2/c15-12-7-10(8-16)5-6-14(12)18-13-4-2-1-3-11(13)9-17/h1-7,17H,9H2. The Bertz CT molecular complexity index is 605. The molecule has 18 heavy (non-hydrogen) atoms. The van der Waals surface area contributed by atoms with Crippen LogP contribution in [0.1, 0.15) is 11.1 Å². The molecule has 0 unspecified atom stereocenters. The molecule has 0 aliphatic carbocycles. The first-order valence-electron chi connectivity index (χ1n) is 5.31. The third-order valence-electron chi connectivity index (χ3n) is 2.42. The molecule has 0 amide bonds. The highest BCUT2D eigenvalue weighted by atomic mass is 19.1. The van der Waals surface area contributed by atoms with Crippen molar-refractivity contribution < 1.29 is 14.2 Å². The van der Waals surface area contributed by atoms with E-state index in [4.69, 9.17) is 15.1 Å². The average molecular weight is 243 g/mol. The molecule has 0 atom stereocenters.